The molecule has 0 N–H and O–H groups in total. The van der Waals surface area contributed by atoms with Gasteiger partial charge in [0, 0.05) is 5.56 Å². The average molecular weight is 363 g/mol. The lowest BCUT2D eigenvalue weighted by Crippen LogP contribution is -2.30. The first-order valence-corrected chi connectivity index (χ1v) is 8.94. The highest BCUT2D eigenvalue weighted by atomic mass is 35.5. The summed E-state index contributed by atoms with van der Waals surface area (Å²) < 4.78 is 5.76. The summed E-state index contributed by atoms with van der Waals surface area (Å²) in [6.07, 6.45) is 6.28. The molecule has 0 aliphatic carbocycles. The third kappa shape index (κ3) is 6.25. The first kappa shape index (κ1) is 19.6. The van der Waals surface area contributed by atoms with Crippen molar-refractivity contribution in [2.45, 2.75) is 39.0 Å². The van der Waals surface area contributed by atoms with Gasteiger partial charge in [0.05, 0.1) is 6.61 Å². The van der Waals surface area contributed by atoms with Gasteiger partial charge in [0.15, 0.2) is 5.82 Å². The van der Waals surface area contributed by atoms with Crippen LogP contribution in [0.15, 0.2) is 30.3 Å². The number of unbranched alkanes of at least 4 members (excludes halogenated alkanes) is 1. The minimum Gasteiger partial charge on any atom is -0.463 e. The van der Waals surface area contributed by atoms with Gasteiger partial charge in [-0.25, -0.2) is 4.98 Å². The van der Waals surface area contributed by atoms with Crippen molar-refractivity contribution in [3.63, 3.8) is 0 Å². The molecule has 1 aromatic carbocycles. The molecule has 0 unspecified atom stereocenters. The van der Waals surface area contributed by atoms with Gasteiger partial charge in [-0.3, -0.25) is 0 Å². The second-order valence-electron chi connectivity index (χ2n) is 6.31. The molecule has 25 heavy (non-hydrogen) atoms. The number of piperidine rings is 1. The van der Waals surface area contributed by atoms with Crippen LogP contribution in [0.3, 0.4) is 0 Å². The van der Waals surface area contributed by atoms with Crippen LogP contribution in [0, 0.1) is 6.92 Å². The summed E-state index contributed by atoms with van der Waals surface area (Å²) >= 11 is 0. The summed E-state index contributed by atoms with van der Waals surface area (Å²) in [6.45, 7) is 6.22. The molecular weight excluding hydrogens is 336 g/mol. The van der Waals surface area contributed by atoms with Gasteiger partial charge in [-0.2, -0.15) is 9.97 Å². The third-order valence-corrected chi connectivity index (χ3v) is 4.31. The molecule has 1 fully saturated rings. The van der Waals surface area contributed by atoms with Crippen LogP contribution in [-0.4, -0.2) is 46.1 Å². The van der Waals surface area contributed by atoms with E-state index < -0.39 is 0 Å². The molecule has 0 bridgehead atoms. The number of benzene rings is 1. The summed E-state index contributed by atoms with van der Waals surface area (Å²) in [4.78, 5) is 15.7. The Morgan fingerprint density at radius 1 is 0.960 bits per heavy atom. The molecule has 2 heterocycles. The van der Waals surface area contributed by atoms with E-state index in [1.165, 1.54) is 38.9 Å². The molecule has 0 amide bonds. The van der Waals surface area contributed by atoms with Crippen molar-refractivity contribution in [2.24, 2.45) is 0 Å². The summed E-state index contributed by atoms with van der Waals surface area (Å²) in [7, 11) is 0. The fraction of sp³-hybridized carbons (Fsp3) is 0.526. The number of halogens is 1. The van der Waals surface area contributed by atoms with Crippen LogP contribution in [0.5, 0.6) is 6.01 Å². The van der Waals surface area contributed by atoms with E-state index in [1.807, 2.05) is 37.3 Å². The lowest BCUT2D eigenvalue weighted by Gasteiger charge is -2.26. The topological polar surface area (TPSA) is 51.1 Å². The molecule has 136 valence electrons. The molecule has 2 aromatic rings. The number of hydrogen-bond acceptors (Lipinski definition) is 5. The minimum absolute atomic E-state index is 0. The molecule has 1 aromatic heterocycles. The molecule has 1 aliphatic rings. The van der Waals surface area contributed by atoms with Crippen LogP contribution in [0.2, 0.25) is 0 Å². The average Bonchev–Trinajstić information content (AvgIpc) is 2.63. The minimum atomic E-state index is 0. The first-order valence-electron chi connectivity index (χ1n) is 8.94. The number of rotatable bonds is 7. The molecule has 5 nitrogen and oxygen atoms in total. The maximum atomic E-state index is 5.76. The van der Waals surface area contributed by atoms with Gasteiger partial charge in [0.25, 0.3) is 0 Å². The Morgan fingerprint density at radius 2 is 1.72 bits per heavy atom. The standard InChI is InChI=1S/C19H26N4O.ClH/c1-16-20-18(17-10-4-2-5-11-17)22-19(21-16)24-15-9-8-14-23-12-6-3-7-13-23;/h2,4-5,10-11H,3,6-9,12-15H2,1H3;1H. The zero-order valence-corrected chi connectivity index (χ0v) is 15.7. The zero-order valence-electron chi connectivity index (χ0n) is 14.9. The van der Waals surface area contributed by atoms with E-state index in [9.17, 15) is 0 Å². The van der Waals surface area contributed by atoms with E-state index in [4.69, 9.17) is 4.74 Å². The SMILES string of the molecule is Cc1nc(OCCCCN2CCCCC2)nc(-c2ccccc2)n1.Cl. The van der Waals surface area contributed by atoms with Crippen LogP contribution in [0.4, 0.5) is 0 Å². The number of aromatic nitrogens is 3. The maximum Gasteiger partial charge on any atom is 0.320 e. The zero-order chi connectivity index (χ0) is 16.6. The smallest absolute Gasteiger partial charge is 0.320 e. The van der Waals surface area contributed by atoms with Gasteiger partial charge in [0.2, 0.25) is 0 Å². The van der Waals surface area contributed by atoms with Gasteiger partial charge in [-0.1, -0.05) is 36.8 Å². The normalized spacial score (nSPS) is 14.8. The first-order chi connectivity index (χ1) is 11.8. The highest BCUT2D eigenvalue weighted by Crippen LogP contribution is 2.16. The molecule has 0 saturated carbocycles. The largest absolute Gasteiger partial charge is 0.463 e. The van der Waals surface area contributed by atoms with Gasteiger partial charge in [0.1, 0.15) is 5.82 Å². The predicted molar refractivity (Wildman–Crippen MR) is 102 cm³/mol. The van der Waals surface area contributed by atoms with Gasteiger partial charge in [-0.05, 0) is 52.2 Å². The molecule has 3 rings (SSSR count). The number of ether oxygens (including phenoxy) is 1. The second-order valence-corrected chi connectivity index (χ2v) is 6.31. The third-order valence-electron chi connectivity index (χ3n) is 4.31. The molecule has 0 atom stereocenters. The van der Waals surface area contributed by atoms with E-state index in [2.05, 4.69) is 19.9 Å². The lowest BCUT2D eigenvalue weighted by molar-refractivity contribution is 0.213. The Hall–Kier alpha value is -1.72. The fourth-order valence-electron chi connectivity index (χ4n) is 3.02. The summed E-state index contributed by atoms with van der Waals surface area (Å²) in [5.41, 5.74) is 0.984. The van der Waals surface area contributed by atoms with E-state index in [-0.39, 0.29) is 12.4 Å². The van der Waals surface area contributed by atoms with Crippen molar-refractivity contribution in [3.8, 4) is 17.4 Å². The van der Waals surface area contributed by atoms with Crippen molar-refractivity contribution < 1.29 is 4.74 Å². The highest BCUT2D eigenvalue weighted by Gasteiger charge is 2.10. The maximum absolute atomic E-state index is 5.76. The summed E-state index contributed by atoms with van der Waals surface area (Å²) in [6, 6.07) is 10.4. The van der Waals surface area contributed by atoms with Gasteiger partial charge in [-0.15, -0.1) is 12.4 Å². The number of likely N-dealkylation sites (tertiary alicyclic amines) is 1. The Balaban J connectivity index is 0.00000225. The van der Waals surface area contributed by atoms with Crippen molar-refractivity contribution >= 4 is 12.4 Å². The molecule has 0 spiro atoms. The monoisotopic (exact) mass is 362 g/mol. The van der Waals surface area contributed by atoms with Crippen molar-refractivity contribution in [3.05, 3.63) is 36.2 Å². The van der Waals surface area contributed by atoms with Crippen molar-refractivity contribution in [1.82, 2.24) is 19.9 Å². The van der Waals surface area contributed by atoms with E-state index in [0.29, 0.717) is 24.3 Å². The summed E-state index contributed by atoms with van der Waals surface area (Å²) in [5, 5.41) is 0. The highest BCUT2D eigenvalue weighted by molar-refractivity contribution is 5.85. The van der Waals surface area contributed by atoms with E-state index in [0.717, 1.165) is 18.4 Å². The molecule has 1 saturated heterocycles. The van der Waals surface area contributed by atoms with Crippen LogP contribution in [-0.2, 0) is 0 Å². The van der Waals surface area contributed by atoms with Crippen LogP contribution in [0.1, 0.15) is 37.9 Å². The predicted octanol–water partition coefficient (Wildman–Crippen LogP) is 3.91. The van der Waals surface area contributed by atoms with E-state index >= 15 is 0 Å². The van der Waals surface area contributed by atoms with Crippen molar-refractivity contribution in [2.75, 3.05) is 26.2 Å². The lowest BCUT2D eigenvalue weighted by atomic mass is 10.1. The van der Waals surface area contributed by atoms with Crippen LogP contribution < -0.4 is 4.74 Å². The molecule has 0 radical (unpaired) electrons. The number of nitrogens with zero attached hydrogens (tertiary/aromatic N) is 4. The van der Waals surface area contributed by atoms with Crippen LogP contribution in [0.25, 0.3) is 11.4 Å². The second kappa shape index (κ2) is 10.3. The Labute approximate surface area is 156 Å². The Bertz CT molecular complexity index is 633. The Kier molecular flexibility index (Phi) is 8.09. The van der Waals surface area contributed by atoms with Crippen molar-refractivity contribution in [1.29, 1.82) is 0 Å². The molecular formula is C19H27ClN4O. The number of aryl methyl sites for hydroxylation is 1. The van der Waals surface area contributed by atoms with Gasteiger partial charge < -0.3 is 9.64 Å². The quantitative estimate of drug-likeness (QED) is 0.699. The molecule has 1 aliphatic heterocycles. The van der Waals surface area contributed by atoms with Gasteiger partial charge >= 0.3 is 6.01 Å². The fourth-order valence-corrected chi connectivity index (χ4v) is 3.02. The van der Waals surface area contributed by atoms with Crippen LogP contribution >= 0.6 is 12.4 Å². The molecule has 6 heteroatoms. The van der Waals surface area contributed by atoms with E-state index in [1.54, 1.807) is 0 Å². The number of hydrogen-bond donors (Lipinski definition) is 0. The Morgan fingerprint density at radius 3 is 2.48 bits per heavy atom. The summed E-state index contributed by atoms with van der Waals surface area (Å²) in [5.74, 6) is 1.36.